The van der Waals surface area contributed by atoms with Gasteiger partial charge in [0.1, 0.15) is 0 Å². The Balaban J connectivity index is 4.40. The lowest BCUT2D eigenvalue weighted by molar-refractivity contribution is -0.191. The quantitative estimate of drug-likeness (QED) is 0.462. The van der Waals surface area contributed by atoms with E-state index in [0.29, 0.717) is 13.2 Å². The average Bonchev–Trinajstić information content (AvgIpc) is 2.25. The van der Waals surface area contributed by atoms with E-state index >= 15 is 0 Å². The summed E-state index contributed by atoms with van der Waals surface area (Å²) in [5.41, 5.74) is 0. The third kappa shape index (κ3) is 4.90. The van der Waals surface area contributed by atoms with Gasteiger partial charge in [-0.2, -0.15) is 0 Å². The summed E-state index contributed by atoms with van der Waals surface area (Å²) in [6.45, 7) is 4.00. The monoisotopic (exact) mass is 222 g/mol. The van der Waals surface area contributed by atoms with Gasteiger partial charge in [0, 0.05) is 38.3 Å². The molecule has 0 heterocycles. The Morgan fingerprint density at radius 1 is 0.867 bits per heavy atom. The highest BCUT2D eigenvalue weighted by Gasteiger charge is 2.29. The smallest absolute Gasteiger partial charge is 0.162 e. The van der Waals surface area contributed by atoms with E-state index in [1.165, 1.54) is 0 Å². The molecule has 0 saturated carbocycles. The fraction of sp³-hybridized carbons (Fsp3) is 1.00. The second kappa shape index (κ2) is 9.06. The van der Waals surface area contributed by atoms with Crippen LogP contribution >= 0.6 is 0 Å². The first kappa shape index (κ1) is 14.8. The summed E-state index contributed by atoms with van der Waals surface area (Å²) >= 11 is 0. The molecule has 5 nitrogen and oxygen atoms in total. The molecule has 0 bridgehead atoms. The topological polar surface area (TPSA) is 79.2 Å². The van der Waals surface area contributed by atoms with Crippen LogP contribution in [0.2, 0.25) is 0 Å². The zero-order chi connectivity index (χ0) is 11.7. The van der Waals surface area contributed by atoms with Crippen LogP contribution in [0.5, 0.6) is 0 Å². The molecule has 0 radical (unpaired) electrons. The van der Waals surface area contributed by atoms with Crippen molar-refractivity contribution in [2.75, 3.05) is 33.0 Å². The maximum atomic E-state index is 9.20. The zero-order valence-electron chi connectivity index (χ0n) is 9.43. The highest BCUT2D eigenvalue weighted by Crippen LogP contribution is 2.19. The van der Waals surface area contributed by atoms with E-state index in [0.717, 1.165) is 0 Å². The number of ether oxygens (including phenoxy) is 2. The molecular formula is C10H22O5. The van der Waals surface area contributed by atoms with E-state index in [-0.39, 0.29) is 19.8 Å². The van der Waals surface area contributed by atoms with Crippen LogP contribution in [-0.2, 0) is 9.47 Å². The Morgan fingerprint density at radius 2 is 1.33 bits per heavy atom. The standard InChI is InChI=1S/C10H22O5/c1-3-14-10(15-4-2)9(7-13)8(5-11)6-12/h8-13H,3-7H2,1-2H3. The summed E-state index contributed by atoms with van der Waals surface area (Å²) in [5.74, 6) is -0.821. The van der Waals surface area contributed by atoms with Gasteiger partial charge >= 0.3 is 0 Å². The summed E-state index contributed by atoms with van der Waals surface area (Å²) in [5, 5.41) is 27.3. The Bertz CT molecular complexity index is 132. The van der Waals surface area contributed by atoms with Gasteiger partial charge < -0.3 is 24.8 Å². The van der Waals surface area contributed by atoms with Crippen molar-refractivity contribution < 1.29 is 24.8 Å². The average molecular weight is 222 g/mol. The van der Waals surface area contributed by atoms with Crippen LogP contribution in [0, 0.1) is 11.8 Å². The van der Waals surface area contributed by atoms with E-state index < -0.39 is 18.1 Å². The minimum absolute atomic E-state index is 0.184. The molecule has 3 N–H and O–H groups in total. The van der Waals surface area contributed by atoms with E-state index in [9.17, 15) is 5.11 Å². The van der Waals surface area contributed by atoms with Crippen molar-refractivity contribution in [2.24, 2.45) is 11.8 Å². The fourth-order valence-corrected chi connectivity index (χ4v) is 1.41. The lowest BCUT2D eigenvalue weighted by atomic mass is 9.93. The van der Waals surface area contributed by atoms with Gasteiger partial charge in [-0.3, -0.25) is 0 Å². The molecule has 1 atom stereocenters. The van der Waals surface area contributed by atoms with Gasteiger partial charge in [-0.1, -0.05) is 0 Å². The third-order valence-electron chi connectivity index (χ3n) is 2.30. The van der Waals surface area contributed by atoms with Crippen molar-refractivity contribution in [1.29, 1.82) is 0 Å². The van der Waals surface area contributed by atoms with Gasteiger partial charge in [0.05, 0.1) is 6.61 Å². The van der Waals surface area contributed by atoms with Gasteiger partial charge in [0.25, 0.3) is 0 Å². The number of aliphatic hydroxyl groups is 3. The van der Waals surface area contributed by atoms with Crippen LogP contribution in [0.25, 0.3) is 0 Å². The predicted octanol–water partition coefficient (Wildman–Crippen LogP) is -0.405. The van der Waals surface area contributed by atoms with E-state index in [2.05, 4.69) is 0 Å². The van der Waals surface area contributed by atoms with Gasteiger partial charge in [0.2, 0.25) is 0 Å². The maximum absolute atomic E-state index is 9.20. The molecule has 0 aliphatic rings. The highest BCUT2D eigenvalue weighted by molar-refractivity contribution is 4.71. The van der Waals surface area contributed by atoms with Crippen molar-refractivity contribution >= 4 is 0 Å². The SMILES string of the molecule is CCOC(OCC)C(CO)C(CO)CO. The first-order chi connectivity index (χ1) is 7.24. The molecule has 0 aromatic rings. The number of aliphatic hydroxyl groups excluding tert-OH is 3. The first-order valence-electron chi connectivity index (χ1n) is 5.30. The fourth-order valence-electron chi connectivity index (χ4n) is 1.41. The molecule has 0 spiro atoms. The Kier molecular flexibility index (Phi) is 8.94. The minimum atomic E-state index is -0.575. The van der Waals surface area contributed by atoms with Crippen molar-refractivity contribution in [3.8, 4) is 0 Å². The number of rotatable bonds is 9. The molecule has 5 heteroatoms. The largest absolute Gasteiger partial charge is 0.396 e. The molecule has 0 aliphatic heterocycles. The van der Waals surface area contributed by atoms with Crippen LogP contribution in [-0.4, -0.2) is 54.6 Å². The van der Waals surface area contributed by atoms with Crippen molar-refractivity contribution in [3.05, 3.63) is 0 Å². The van der Waals surface area contributed by atoms with Gasteiger partial charge in [-0.25, -0.2) is 0 Å². The lowest BCUT2D eigenvalue weighted by Crippen LogP contribution is -2.38. The summed E-state index contributed by atoms with van der Waals surface area (Å²) < 4.78 is 10.6. The summed E-state index contributed by atoms with van der Waals surface area (Å²) in [6.07, 6.45) is -0.575. The van der Waals surface area contributed by atoms with Crippen molar-refractivity contribution in [2.45, 2.75) is 20.1 Å². The summed E-state index contributed by atoms with van der Waals surface area (Å²) in [4.78, 5) is 0. The Labute approximate surface area is 90.6 Å². The van der Waals surface area contributed by atoms with E-state index in [1.54, 1.807) is 0 Å². The summed E-state index contributed by atoms with van der Waals surface area (Å²) in [6, 6.07) is 0. The number of hydrogen-bond donors (Lipinski definition) is 3. The highest BCUT2D eigenvalue weighted by atomic mass is 16.7. The van der Waals surface area contributed by atoms with Crippen molar-refractivity contribution in [3.63, 3.8) is 0 Å². The zero-order valence-corrected chi connectivity index (χ0v) is 9.43. The third-order valence-corrected chi connectivity index (χ3v) is 2.30. The minimum Gasteiger partial charge on any atom is -0.396 e. The molecule has 0 aromatic carbocycles. The second-order valence-electron chi connectivity index (χ2n) is 3.25. The Hall–Kier alpha value is -0.200. The molecule has 15 heavy (non-hydrogen) atoms. The van der Waals surface area contributed by atoms with Crippen LogP contribution < -0.4 is 0 Å². The lowest BCUT2D eigenvalue weighted by Gasteiger charge is -2.29. The maximum Gasteiger partial charge on any atom is 0.162 e. The van der Waals surface area contributed by atoms with Crippen LogP contribution in [0.3, 0.4) is 0 Å². The van der Waals surface area contributed by atoms with E-state index in [1.807, 2.05) is 13.8 Å². The van der Waals surface area contributed by atoms with Crippen LogP contribution in [0.4, 0.5) is 0 Å². The summed E-state index contributed by atoms with van der Waals surface area (Å²) in [7, 11) is 0. The molecule has 92 valence electrons. The molecule has 0 saturated heterocycles. The van der Waals surface area contributed by atoms with Gasteiger partial charge in [0.15, 0.2) is 6.29 Å². The first-order valence-corrected chi connectivity index (χ1v) is 5.30. The molecule has 0 amide bonds. The molecule has 0 aliphatic carbocycles. The predicted molar refractivity (Wildman–Crippen MR) is 55.3 cm³/mol. The second-order valence-corrected chi connectivity index (χ2v) is 3.25. The molecule has 0 aromatic heterocycles. The van der Waals surface area contributed by atoms with Crippen LogP contribution in [0.1, 0.15) is 13.8 Å². The number of hydrogen-bond acceptors (Lipinski definition) is 5. The molecule has 0 fully saturated rings. The molecule has 1 unspecified atom stereocenters. The van der Waals surface area contributed by atoms with E-state index in [4.69, 9.17) is 19.7 Å². The Morgan fingerprint density at radius 3 is 1.60 bits per heavy atom. The van der Waals surface area contributed by atoms with Crippen LogP contribution in [0.15, 0.2) is 0 Å². The van der Waals surface area contributed by atoms with Gasteiger partial charge in [-0.05, 0) is 13.8 Å². The normalized spacial score (nSPS) is 13.8. The van der Waals surface area contributed by atoms with Gasteiger partial charge in [-0.15, -0.1) is 0 Å². The molecule has 0 rings (SSSR count). The molecular weight excluding hydrogens is 200 g/mol. The van der Waals surface area contributed by atoms with Crippen molar-refractivity contribution in [1.82, 2.24) is 0 Å².